The van der Waals surface area contributed by atoms with Crippen LogP contribution in [0.5, 0.6) is 0 Å². The minimum absolute atomic E-state index is 1.00. The first-order valence-electron chi connectivity index (χ1n) is 2.42. The van der Waals surface area contributed by atoms with E-state index >= 15 is 0 Å². The van der Waals surface area contributed by atoms with Crippen LogP contribution in [-0.2, 0) is 4.43 Å². The molecule has 0 N–H and O–H groups in total. The van der Waals surface area contributed by atoms with Crippen molar-refractivity contribution in [3.63, 3.8) is 0 Å². The van der Waals surface area contributed by atoms with Crippen LogP contribution < -0.4 is 0 Å². The minimum Gasteiger partial charge on any atom is -0.552 e. The normalized spacial score (nSPS) is 11.6. The predicted octanol–water partition coefficient (Wildman–Crippen LogP) is 0.865. The first kappa shape index (κ1) is 6.76. The highest BCUT2D eigenvalue weighted by Gasteiger charge is 1.82. The van der Waals surface area contributed by atoms with E-state index in [4.69, 9.17) is 4.43 Å². The number of allylic oxidation sites excluding steroid dienone is 2. The van der Waals surface area contributed by atoms with E-state index in [1.165, 1.54) is 10.5 Å². The zero-order chi connectivity index (χ0) is 5.70. The van der Waals surface area contributed by atoms with Gasteiger partial charge in [-0.25, -0.2) is 0 Å². The first-order valence-corrected chi connectivity index (χ1v) is 3.00. The van der Waals surface area contributed by atoms with Crippen molar-refractivity contribution in [2.75, 3.05) is 0 Å². The fraction of sp³-hybridized carbons (Fsp3) is 0.600. The predicted molar refractivity (Wildman–Crippen MR) is 33.7 cm³/mol. The van der Waals surface area contributed by atoms with E-state index in [9.17, 15) is 0 Å². The third kappa shape index (κ3) is 2.45. The lowest BCUT2D eigenvalue weighted by molar-refractivity contribution is 0.449. The van der Waals surface area contributed by atoms with Crippen LogP contribution in [0.2, 0.25) is 0 Å². The lowest BCUT2D eigenvalue weighted by Gasteiger charge is -1.98. The zero-order valence-electron chi connectivity index (χ0n) is 4.90. The monoisotopic (exact) mass is 115 g/mol. The summed E-state index contributed by atoms with van der Waals surface area (Å²) in [6, 6.07) is 0. The quantitative estimate of drug-likeness (QED) is 0.383. The Bertz CT molecular complexity index is 62.5. The third-order valence-corrected chi connectivity index (χ3v) is 1.23. The fourth-order valence-corrected chi connectivity index (χ4v) is 0.760. The van der Waals surface area contributed by atoms with Crippen molar-refractivity contribution in [3.05, 3.63) is 11.8 Å². The van der Waals surface area contributed by atoms with Crippen molar-refractivity contribution in [1.82, 2.24) is 0 Å². The summed E-state index contributed by atoms with van der Waals surface area (Å²) >= 11 is 0. The highest BCUT2D eigenvalue weighted by molar-refractivity contribution is 5.98. The SMILES string of the molecule is CC=C(CC)O[SiH2]. The third-order valence-electron chi connectivity index (χ3n) is 0.856. The summed E-state index contributed by atoms with van der Waals surface area (Å²) in [7, 11) is 1.52. The molecule has 0 aromatic heterocycles. The zero-order valence-corrected chi connectivity index (χ0v) is 6.31. The van der Waals surface area contributed by atoms with Crippen LogP contribution in [0.25, 0.3) is 0 Å². The molecule has 0 unspecified atom stereocenters. The Hall–Kier alpha value is -0.243. The van der Waals surface area contributed by atoms with E-state index in [1.807, 2.05) is 13.0 Å². The van der Waals surface area contributed by atoms with Crippen LogP contribution >= 0.6 is 0 Å². The molecule has 0 bridgehead atoms. The summed E-state index contributed by atoms with van der Waals surface area (Å²) in [4.78, 5) is 0. The van der Waals surface area contributed by atoms with Gasteiger partial charge in [-0.1, -0.05) is 13.0 Å². The second-order valence-electron chi connectivity index (χ2n) is 1.25. The van der Waals surface area contributed by atoms with Gasteiger partial charge in [0, 0.05) is 6.42 Å². The van der Waals surface area contributed by atoms with Crippen molar-refractivity contribution in [2.24, 2.45) is 0 Å². The number of hydrogen-bond acceptors (Lipinski definition) is 1. The maximum atomic E-state index is 4.94. The van der Waals surface area contributed by atoms with Gasteiger partial charge in [0.05, 0.1) is 5.76 Å². The van der Waals surface area contributed by atoms with Gasteiger partial charge in [0.1, 0.15) is 0 Å². The standard InChI is InChI=1S/C5H11OSi/c1-3-5(4-2)6-7/h3H,4,7H2,1-2H3. The Kier molecular flexibility index (Phi) is 3.79. The molecule has 41 valence electrons. The molecule has 0 aliphatic heterocycles. The molecule has 0 spiro atoms. The largest absolute Gasteiger partial charge is 0.552 e. The number of hydrogen-bond donors (Lipinski definition) is 0. The van der Waals surface area contributed by atoms with Gasteiger partial charge in [-0.2, -0.15) is 0 Å². The summed E-state index contributed by atoms with van der Waals surface area (Å²) < 4.78 is 4.94. The van der Waals surface area contributed by atoms with E-state index in [2.05, 4.69) is 6.92 Å². The second-order valence-corrected chi connectivity index (χ2v) is 1.54. The van der Waals surface area contributed by atoms with Crippen molar-refractivity contribution in [2.45, 2.75) is 20.3 Å². The van der Waals surface area contributed by atoms with Crippen molar-refractivity contribution in [3.8, 4) is 0 Å². The minimum atomic E-state index is 1.00. The van der Waals surface area contributed by atoms with Crippen LogP contribution in [0.4, 0.5) is 0 Å². The molecule has 7 heavy (non-hydrogen) atoms. The Morgan fingerprint density at radius 2 is 2.43 bits per heavy atom. The topological polar surface area (TPSA) is 9.23 Å². The van der Waals surface area contributed by atoms with Gasteiger partial charge in [0.2, 0.25) is 10.5 Å². The van der Waals surface area contributed by atoms with Crippen LogP contribution in [0.3, 0.4) is 0 Å². The summed E-state index contributed by atoms with van der Waals surface area (Å²) in [5, 5.41) is 0. The molecule has 0 saturated carbocycles. The first-order chi connectivity index (χ1) is 3.35. The van der Waals surface area contributed by atoms with Crippen LogP contribution in [0, 0.1) is 0 Å². The Morgan fingerprint density at radius 1 is 1.86 bits per heavy atom. The van der Waals surface area contributed by atoms with E-state index in [0.29, 0.717) is 0 Å². The van der Waals surface area contributed by atoms with Crippen molar-refractivity contribution < 1.29 is 4.43 Å². The van der Waals surface area contributed by atoms with Gasteiger partial charge in [0.25, 0.3) is 0 Å². The van der Waals surface area contributed by atoms with E-state index in [1.54, 1.807) is 0 Å². The molecule has 1 nitrogen and oxygen atoms in total. The van der Waals surface area contributed by atoms with E-state index in [-0.39, 0.29) is 0 Å². The average molecular weight is 115 g/mol. The summed E-state index contributed by atoms with van der Waals surface area (Å²) in [6.07, 6.45) is 2.98. The summed E-state index contributed by atoms with van der Waals surface area (Å²) in [5.74, 6) is 1.07. The van der Waals surface area contributed by atoms with Gasteiger partial charge >= 0.3 is 0 Å². The summed E-state index contributed by atoms with van der Waals surface area (Å²) in [5.41, 5.74) is 0. The molecule has 0 fully saturated rings. The van der Waals surface area contributed by atoms with Crippen LogP contribution in [0.1, 0.15) is 20.3 Å². The average Bonchev–Trinajstić information content (AvgIpc) is 1.72. The molecule has 0 aliphatic rings. The fourth-order valence-electron chi connectivity index (χ4n) is 0.390. The van der Waals surface area contributed by atoms with Gasteiger partial charge in [0.15, 0.2) is 0 Å². The van der Waals surface area contributed by atoms with Gasteiger partial charge in [-0.3, -0.25) is 0 Å². The molecule has 0 rings (SSSR count). The lowest BCUT2D eigenvalue weighted by atomic mass is 10.4. The van der Waals surface area contributed by atoms with Gasteiger partial charge < -0.3 is 4.43 Å². The number of rotatable bonds is 2. The molecule has 1 radical (unpaired) electrons. The molecule has 2 heteroatoms. The van der Waals surface area contributed by atoms with E-state index < -0.39 is 0 Å². The van der Waals surface area contributed by atoms with Crippen molar-refractivity contribution >= 4 is 10.5 Å². The van der Waals surface area contributed by atoms with Gasteiger partial charge in [-0.05, 0) is 6.92 Å². The Morgan fingerprint density at radius 3 is 2.43 bits per heavy atom. The Balaban J connectivity index is 3.38. The molecule has 0 aromatic carbocycles. The molecule has 0 amide bonds. The molecular weight excluding hydrogens is 104 g/mol. The highest BCUT2D eigenvalue weighted by Crippen LogP contribution is 1.97. The Labute approximate surface area is 47.9 Å². The van der Waals surface area contributed by atoms with Crippen LogP contribution in [0.15, 0.2) is 11.8 Å². The highest BCUT2D eigenvalue weighted by atomic mass is 28.2. The van der Waals surface area contributed by atoms with Crippen molar-refractivity contribution in [1.29, 1.82) is 0 Å². The maximum Gasteiger partial charge on any atom is 0.243 e. The molecule has 0 aliphatic carbocycles. The smallest absolute Gasteiger partial charge is 0.243 e. The van der Waals surface area contributed by atoms with Gasteiger partial charge in [-0.15, -0.1) is 0 Å². The molecular formula is C5H11OSi. The molecule has 0 atom stereocenters. The lowest BCUT2D eigenvalue weighted by Crippen LogP contribution is -1.82. The molecule has 0 saturated heterocycles. The van der Waals surface area contributed by atoms with E-state index in [0.717, 1.165) is 12.2 Å². The molecule has 0 heterocycles. The molecule has 0 aromatic rings. The second kappa shape index (κ2) is 3.93. The maximum absolute atomic E-state index is 4.94. The summed E-state index contributed by atoms with van der Waals surface area (Å²) in [6.45, 7) is 4.05. The van der Waals surface area contributed by atoms with Crippen LogP contribution in [-0.4, -0.2) is 10.5 Å².